The summed E-state index contributed by atoms with van der Waals surface area (Å²) < 4.78 is 19.2. The first-order valence-electron chi connectivity index (χ1n) is 13.8. The van der Waals surface area contributed by atoms with Crippen LogP contribution in [0.15, 0.2) is 71.8 Å². The highest BCUT2D eigenvalue weighted by Crippen LogP contribution is 2.39. The molecule has 3 aromatic carbocycles. The van der Waals surface area contributed by atoms with Crippen molar-refractivity contribution in [2.75, 3.05) is 60.0 Å². The summed E-state index contributed by atoms with van der Waals surface area (Å²) in [6, 6.07) is 19.4. The smallest absolute Gasteiger partial charge is 0.233 e. The third kappa shape index (κ3) is 6.97. The van der Waals surface area contributed by atoms with E-state index < -0.39 is 0 Å². The quantitative estimate of drug-likeness (QED) is 0.218. The zero-order valence-corrected chi connectivity index (χ0v) is 24.6. The number of rotatable bonds is 9. The molecule has 4 aromatic rings. The maximum absolute atomic E-state index is 13.7. The minimum Gasteiger partial charge on any atom is -0.395 e. The van der Waals surface area contributed by atoms with E-state index in [9.17, 15) is 9.50 Å². The maximum atomic E-state index is 13.7. The number of halogens is 3. The lowest BCUT2D eigenvalue weighted by molar-refractivity contribution is 0.122. The monoisotopic (exact) mass is 622 g/mol. The number of anilines is 5. The number of benzene rings is 3. The predicted molar refractivity (Wildman–Crippen MR) is 167 cm³/mol. The van der Waals surface area contributed by atoms with Crippen LogP contribution in [0.3, 0.4) is 0 Å². The predicted octanol–water partition coefficient (Wildman–Crippen LogP) is 5.66. The minimum atomic E-state index is -0.296. The van der Waals surface area contributed by atoms with E-state index in [-0.39, 0.29) is 18.5 Å². The van der Waals surface area contributed by atoms with Gasteiger partial charge in [-0.2, -0.15) is 20.1 Å². The first-order valence-corrected chi connectivity index (χ1v) is 14.6. The second-order valence-corrected chi connectivity index (χ2v) is 10.9. The molecular formula is C30H29Cl2FN8O2. The van der Waals surface area contributed by atoms with Gasteiger partial charge in [0.1, 0.15) is 5.82 Å². The molecule has 43 heavy (non-hydrogen) atoms. The molecule has 6 rings (SSSR count). The number of ether oxygens (including phenoxy) is 1. The SMILES string of the molecule is OCCNc1nc(Nc2ccc(C3=NN(c4cc(Cl)cc(Cl)c4)C(c4ccc(F)cc4)C3)cc2)nc(N2CCOCC2)n1. The van der Waals surface area contributed by atoms with Crippen molar-refractivity contribution in [3.8, 4) is 0 Å². The largest absolute Gasteiger partial charge is 0.395 e. The van der Waals surface area contributed by atoms with Crippen LogP contribution in [0, 0.1) is 5.82 Å². The van der Waals surface area contributed by atoms with Crippen molar-refractivity contribution >= 4 is 58.1 Å². The lowest BCUT2D eigenvalue weighted by Gasteiger charge is -2.27. The summed E-state index contributed by atoms with van der Waals surface area (Å²) >= 11 is 12.6. The number of morpholine rings is 1. The van der Waals surface area contributed by atoms with E-state index in [0.29, 0.717) is 67.2 Å². The van der Waals surface area contributed by atoms with Gasteiger partial charge in [-0.05, 0) is 53.6 Å². The highest BCUT2D eigenvalue weighted by molar-refractivity contribution is 6.35. The van der Waals surface area contributed by atoms with Crippen LogP contribution in [0.25, 0.3) is 0 Å². The van der Waals surface area contributed by atoms with Gasteiger partial charge in [-0.3, -0.25) is 5.01 Å². The molecule has 1 atom stereocenters. The summed E-state index contributed by atoms with van der Waals surface area (Å²) in [6.45, 7) is 2.83. The summed E-state index contributed by atoms with van der Waals surface area (Å²) in [5, 5.41) is 23.4. The second-order valence-electron chi connectivity index (χ2n) is 10.0. The van der Waals surface area contributed by atoms with Crippen LogP contribution in [0.5, 0.6) is 0 Å². The van der Waals surface area contributed by atoms with E-state index in [1.165, 1.54) is 12.1 Å². The zero-order valence-electron chi connectivity index (χ0n) is 23.1. The van der Waals surface area contributed by atoms with Gasteiger partial charge in [-0.15, -0.1) is 0 Å². The molecule has 1 saturated heterocycles. The average Bonchev–Trinajstić information content (AvgIpc) is 3.46. The molecule has 0 bridgehead atoms. The van der Waals surface area contributed by atoms with Crippen LogP contribution >= 0.6 is 23.2 Å². The number of aliphatic hydroxyl groups is 1. The lowest BCUT2D eigenvalue weighted by Crippen LogP contribution is -2.37. The number of hydrazone groups is 1. The Labute approximate surface area is 258 Å². The van der Waals surface area contributed by atoms with Crippen LogP contribution in [-0.4, -0.2) is 65.2 Å². The van der Waals surface area contributed by atoms with E-state index in [0.717, 1.165) is 28.2 Å². The fourth-order valence-corrected chi connectivity index (χ4v) is 5.50. The van der Waals surface area contributed by atoms with Crippen molar-refractivity contribution in [3.05, 3.63) is 93.7 Å². The number of hydrogen-bond acceptors (Lipinski definition) is 10. The Hall–Kier alpha value is -4.03. The van der Waals surface area contributed by atoms with E-state index in [4.69, 9.17) is 33.0 Å². The third-order valence-corrected chi connectivity index (χ3v) is 7.50. The standard InChI is InChI=1S/C30H29Cl2FN8O2/c31-21-15-22(32)17-25(16-21)41-27(20-1-5-23(33)6-2-20)18-26(39-41)19-3-7-24(8-4-19)35-29-36-28(34-9-12-42)37-30(38-29)40-10-13-43-14-11-40/h1-8,15-17,27,42H,9-14,18H2,(H2,34,35,36,37,38). The summed E-state index contributed by atoms with van der Waals surface area (Å²) in [5.41, 5.74) is 4.25. The molecule has 222 valence electrons. The Morgan fingerprint density at radius 2 is 1.60 bits per heavy atom. The van der Waals surface area contributed by atoms with Crippen molar-refractivity contribution in [1.29, 1.82) is 0 Å². The average molecular weight is 624 g/mol. The van der Waals surface area contributed by atoms with Crippen LogP contribution in [0.4, 0.5) is 33.6 Å². The van der Waals surface area contributed by atoms with Crippen LogP contribution in [0.2, 0.25) is 10.0 Å². The molecule has 0 saturated carbocycles. The molecule has 0 spiro atoms. The summed E-state index contributed by atoms with van der Waals surface area (Å²) in [7, 11) is 0. The van der Waals surface area contributed by atoms with Gasteiger partial charge in [0.25, 0.3) is 0 Å². The van der Waals surface area contributed by atoms with Gasteiger partial charge < -0.3 is 25.4 Å². The van der Waals surface area contributed by atoms with Gasteiger partial charge in [0.15, 0.2) is 0 Å². The maximum Gasteiger partial charge on any atom is 0.233 e. The molecule has 1 fully saturated rings. The molecule has 1 unspecified atom stereocenters. The highest BCUT2D eigenvalue weighted by atomic mass is 35.5. The van der Waals surface area contributed by atoms with E-state index >= 15 is 0 Å². The fraction of sp³-hybridized carbons (Fsp3) is 0.267. The van der Waals surface area contributed by atoms with E-state index in [2.05, 4.69) is 25.6 Å². The van der Waals surface area contributed by atoms with Crippen molar-refractivity contribution in [3.63, 3.8) is 0 Å². The second kappa shape index (κ2) is 13.1. The van der Waals surface area contributed by atoms with E-state index in [1.54, 1.807) is 18.2 Å². The number of aromatic nitrogens is 3. The lowest BCUT2D eigenvalue weighted by atomic mass is 9.98. The first kappa shape index (κ1) is 29.1. The van der Waals surface area contributed by atoms with Gasteiger partial charge in [0, 0.05) is 41.8 Å². The van der Waals surface area contributed by atoms with Crippen molar-refractivity contribution in [2.45, 2.75) is 12.5 Å². The normalized spacial score (nSPS) is 16.7. The summed E-state index contributed by atoms with van der Waals surface area (Å²) in [4.78, 5) is 15.7. The number of nitrogens with one attached hydrogen (secondary N) is 2. The molecule has 0 radical (unpaired) electrons. The molecule has 10 nitrogen and oxygen atoms in total. The van der Waals surface area contributed by atoms with E-state index in [1.807, 2.05) is 46.3 Å². The van der Waals surface area contributed by atoms with Gasteiger partial charge >= 0.3 is 0 Å². The highest BCUT2D eigenvalue weighted by Gasteiger charge is 2.30. The number of hydrogen-bond donors (Lipinski definition) is 3. The van der Waals surface area contributed by atoms with Crippen LogP contribution < -0.4 is 20.5 Å². The molecular weight excluding hydrogens is 594 g/mol. The van der Waals surface area contributed by atoms with Gasteiger partial charge in [0.05, 0.1) is 37.3 Å². The Morgan fingerprint density at radius 1 is 0.907 bits per heavy atom. The Balaban J connectivity index is 1.25. The molecule has 13 heteroatoms. The van der Waals surface area contributed by atoms with Gasteiger partial charge in [-0.1, -0.05) is 47.5 Å². The van der Waals surface area contributed by atoms with Gasteiger partial charge in [0.2, 0.25) is 17.8 Å². The van der Waals surface area contributed by atoms with Crippen molar-refractivity contribution in [1.82, 2.24) is 15.0 Å². The molecule has 2 aliphatic rings. The number of aliphatic hydroxyl groups excluding tert-OH is 1. The fourth-order valence-electron chi connectivity index (χ4n) is 4.99. The number of nitrogens with zero attached hydrogens (tertiary/aromatic N) is 6. The Morgan fingerprint density at radius 3 is 2.30 bits per heavy atom. The molecule has 3 heterocycles. The van der Waals surface area contributed by atoms with Crippen LogP contribution in [-0.2, 0) is 4.74 Å². The van der Waals surface area contributed by atoms with Crippen molar-refractivity contribution in [2.24, 2.45) is 5.10 Å². The molecule has 3 N–H and O–H groups in total. The topological polar surface area (TPSA) is 111 Å². The van der Waals surface area contributed by atoms with Crippen molar-refractivity contribution < 1.29 is 14.2 Å². The first-order chi connectivity index (χ1) is 20.9. The Kier molecular flexibility index (Phi) is 8.85. The zero-order chi connectivity index (χ0) is 29.8. The molecule has 0 amide bonds. The molecule has 0 aliphatic carbocycles. The molecule has 2 aliphatic heterocycles. The van der Waals surface area contributed by atoms with Crippen LogP contribution in [0.1, 0.15) is 23.6 Å². The Bertz CT molecular complexity index is 1580. The summed E-state index contributed by atoms with van der Waals surface area (Å²) in [5.74, 6) is 0.988. The minimum absolute atomic E-state index is 0.0452. The molecule has 1 aromatic heterocycles. The van der Waals surface area contributed by atoms with Gasteiger partial charge in [-0.25, -0.2) is 4.39 Å². The summed E-state index contributed by atoms with van der Waals surface area (Å²) in [6.07, 6.45) is 0.596. The third-order valence-electron chi connectivity index (χ3n) is 7.06.